The molecule has 0 aromatic carbocycles. The molecule has 22 heavy (non-hydrogen) atoms. The third kappa shape index (κ3) is 2.00. The number of urea groups is 1. The molecule has 4 heterocycles. The summed E-state index contributed by atoms with van der Waals surface area (Å²) in [4.78, 5) is 27.3. The van der Waals surface area contributed by atoms with Crippen LogP contribution in [0.3, 0.4) is 0 Å². The Bertz CT molecular complexity index is 701. The van der Waals surface area contributed by atoms with Crippen molar-refractivity contribution < 1.29 is 4.79 Å². The first-order valence-electron chi connectivity index (χ1n) is 7.64. The van der Waals surface area contributed by atoms with E-state index >= 15 is 0 Å². The quantitative estimate of drug-likeness (QED) is 0.823. The number of amides is 2. The maximum absolute atomic E-state index is 12.6. The molecule has 4 rings (SSSR count). The number of anilines is 1. The first kappa shape index (κ1) is 13.4. The first-order chi connectivity index (χ1) is 10.8. The molecule has 114 valence electrons. The summed E-state index contributed by atoms with van der Waals surface area (Å²) >= 11 is 0. The fourth-order valence-corrected chi connectivity index (χ4v) is 3.55. The van der Waals surface area contributed by atoms with Crippen LogP contribution >= 0.6 is 0 Å². The Labute approximate surface area is 128 Å². The summed E-state index contributed by atoms with van der Waals surface area (Å²) in [7, 11) is 0. The lowest BCUT2D eigenvalue weighted by Gasteiger charge is -2.48. The molecule has 0 radical (unpaired) electrons. The van der Waals surface area contributed by atoms with Crippen LogP contribution in [-0.4, -0.2) is 46.2 Å². The summed E-state index contributed by atoms with van der Waals surface area (Å²) < 4.78 is 0. The SMILES string of the molecule is O=C1NCCC2(CCCNC2)N1c1ncnc2ccncc12. The largest absolute Gasteiger partial charge is 0.338 e. The molecule has 0 bridgehead atoms. The minimum Gasteiger partial charge on any atom is -0.338 e. The third-order valence-corrected chi connectivity index (χ3v) is 4.62. The lowest BCUT2D eigenvalue weighted by molar-refractivity contribution is 0.207. The number of carbonyl (C=O) groups excluding carboxylic acids is 1. The van der Waals surface area contributed by atoms with E-state index in [9.17, 15) is 4.79 Å². The lowest BCUT2D eigenvalue weighted by atomic mass is 9.83. The molecule has 2 aliphatic heterocycles. The number of pyridine rings is 1. The highest BCUT2D eigenvalue weighted by atomic mass is 16.2. The average molecular weight is 298 g/mol. The van der Waals surface area contributed by atoms with E-state index < -0.39 is 0 Å². The molecular formula is C15H18N6O. The number of nitrogens with one attached hydrogen (secondary N) is 2. The summed E-state index contributed by atoms with van der Waals surface area (Å²) in [5, 5.41) is 7.19. The van der Waals surface area contributed by atoms with Crippen molar-refractivity contribution >= 4 is 22.8 Å². The van der Waals surface area contributed by atoms with E-state index in [-0.39, 0.29) is 11.6 Å². The van der Waals surface area contributed by atoms with Crippen LogP contribution in [-0.2, 0) is 0 Å². The highest BCUT2D eigenvalue weighted by Crippen LogP contribution is 2.36. The van der Waals surface area contributed by atoms with Crippen molar-refractivity contribution in [3.05, 3.63) is 24.8 Å². The van der Waals surface area contributed by atoms with E-state index in [0.717, 1.165) is 43.3 Å². The highest BCUT2D eigenvalue weighted by Gasteiger charge is 2.45. The molecule has 2 aliphatic rings. The molecule has 1 spiro atoms. The van der Waals surface area contributed by atoms with Crippen molar-refractivity contribution in [2.45, 2.75) is 24.8 Å². The van der Waals surface area contributed by atoms with Crippen molar-refractivity contribution in [2.24, 2.45) is 0 Å². The van der Waals surface area contributed by atoms with Crippen molar-refractivity contribution in [2.75, 3.05) is 24.5 Å². The van der Waals surface area contributed by atoms with Gasteiger partial charge in [0.2, 0.25) is 0 Å². The van der Waals surface area contributed by atoms with Crippen molar-refractivity contribution in [1.29, 1.82) is 0 Å². The third-order valence-electron chi connectivity index (χ3n) is 4.62. The molecule has 2 N–H and O–H groups in total. The van der Waals surface area contributed by atoms with Crippen LogP contribution < -0.4 is 15.5 Å². The number of nitrogens with zero attached hydrogens (tertiary/aromatic N) is 4. The van der Waals surface area contributed by atoms with Gasteiger partial charge in [0.05, 0.1) is 16.4 Å². The van der Waals surface area contributed by atoms with Crippen LogP contribution in [0, 0.1) is 0 Å². The number of carbonyl (C=O) groups is 1. The average Bonchev–Trinajstić information content (AvgIpc) is 2.56. The van der Waals surface area contributed by atoms with Crippen LogP contribution in [0.1, 0.15) is 19.3 Å². The van der Waals surface area contributed by atoms with Crippen LogP contribution in [0.4, 0.5) is 10.6 Å². The monoisotopic (exact) mass is 298 g/mol. The Morgan fingerprint density at radius 1 is 1.23 bits per heavy atom. The summed E-state index contributed by atoms with van der Waals surface area (Å²) in [6.07, 6.45) is 7.91. The summed E-state index contributed by atoms with van der Waals surface area (Å²) in [6, 6.07) is 1.76. The Balaban J connectivity index is 1.87. The van der Waals surface area contributed by atoms with Gasteiger partial charge in [0.25, 0.3) is 0 Å². The van der Waals surface area contributed by atoms with Gasteiger partial charge in [-0.1, -0.05) is 0 Å². The second kappa shape index (κ2) is 5.17. The molecule has 2 fully saturated rings. The van der Waals surface area contributed by atoms with Crippen LogP contribution in [0.5, 0.6) is 0 Å². The van der Waals surface area contributed by atoms with E-state index in [1.165, 1.54) is 6.33 Å². The summed E-state index contributed by atoms with van der Waals surface area (Å²) in [5.41, 5.74) is 0.592. The second-order valence-corrected chi connectivity index (χ2v) is 5.91. The molecule has 2 aromatic heterocycles. The van der Waals surface area contributed by atoms with Gasteiger partial charge in [0, 0.05) is 25.5 Å². The number of aromatic nitrogens is 3. The van der Waals surface area contributed by atoms with Gasteiger partial charge in [-0.05, 0) is 31.9 Å². The van der Waals surface area contributed by atoms with E-state index in [2.05, 4.69) is 25.6 Å². The minimum absolute atomic E-state index is 0.0844. The molecular weight excluding hydrogens is 280 g/mol. The van der Waals surface area contributed by atoms with Gasteiger partial charge in [-0.3, -0.25) is 9.88 Å². The number of hydrogen-bond acceptors (Lipinski definition) is 5. The number of rotatable bonds is 1. The van der Waals surface area contributed by atoms with Gasteiger partial charge in [0.1, 0.15) is 12.1 Å². The predicted molar refractivity (Wildman–Crippen MR) is 82.7 cm³/mol. The van der Waals surface area contributed by atoms with Crippen LogP contribution in [0.25, 0.3) is 10.9 Å². The van der Waals surface area contributed by atoms with E-state index in [0.29, 0.717) is 12.4 Å². The molecule has 7 nitrogen and oxygen atoms in total. The Morgan fingerprint density at radius 3 is 3.05 bits per heavy atom. The maximum Gasteiger partial charge on any atom is 0.323 e. The smallest absolute Gasteiger partial charge is 0.323 e. The van der Waals surface area contributed by atoms with Crippen LogP contribution in [0.2, 0.25) is 0 Å². The summed E-state index contributed by atoms with van der Waals surface area (Å²) in [5.74, 6) is 0.652. The maximum atomic E-state index is 12.6. The van der Waals surface area contributed by atoms with Gasteiger partial charge in [0.15, 0.2) is 0 Å². The van der Waals surface area contributed by atoms with Crippen molar-refractivity contribution in [1.82, 2.24) is 25.6 Å². The zero-order valence-corrected chi connectivity index (χ0v) is 12.2. The van der Waals surface area contributed by atoms with E-state index in [4.69, 9.17) is 0 Å². The zero-order chi connectivity index (χ0) is 15.0. The molecule has 2 amide bonds. The van der Waals surface area contributed by atoms with Gasteiger partial charge >= 0.3 is 6.03 Å². The Hall–Kier alpha value is -2.28. The van der Waals surface area contributed by atoms with Gasteiger partial charge < -0.3 is 10.6 Å². The first-order valence-corrected chi connectivity index (χ1v) is 7.64. The molecule has 0 aliphatic carbocycles. The molecule has 1 atom stereocenters. The molecule has 1 unspecified atom stereocenters. The van der Waals surface area contributed by atoms with Gasteiger partial charge in [-0.15, -0.1) is 0 Å². The molecule has 2 aromatic rings. The Kier molecular flexibility index (Phi) is 3.15. The normalized spacial score (nSPS) is 25.5. The minimum atomic E-state index is -0.211. The number of piperidine rings is 1. The number of hydrogen-bond donors (Lipinski definition) is 2. The predicted octanol–water partition coefficient (Wildman–Crippen LogP) is 1.07. The fourth-order valence-electron chi connectivity index (χ4n) is 3.55. The Morgan fingerprint density at radius 2 is 2.18 bits per heavy atom. The fraction of sp³-hybridized carbons (Fsp3) is 0.467. The molecule has 7 heteroatoms. The lowest BCUT2D eigenvalue weighted by Crippen LogP contribution is -2.66. The van der Waals surface area contributed by atoms with Gasteiger partial charge in [-0.2, -0.15) is 0 Å². The summed E-state index contributed by atoms with van der Waals surface area (Å²) in [6.45, 7) is 2.51. The topological polar surface area (TPSA) is 83.0 Å². The van der Waals surface area contributed by atoms with E-state index in [1.807, 2.05) is 11.0 Å². The van der Waals surface area contributed by atoms with Crippen LogP contribution in [0.15, 0.2) is 24.8 Å². The van der Waals surface area contributed by atoms with E-state index in [1.54, 1.807) is 12.4 Å². The zero-order valence-electron chi connectivity index (χ0n) is 12.2. The van der Waals surface area contributed by atoms with Crippen molar-refractivity contribution in [3.63, 3.8) is 0 Å². The molecule has 2 saturated heterocycles. The van der Waals surface area contributed by atoms with Gasteiger partial charge in [-0.25, -0.2) is 14.8 Å². The highest BCUT2D eigenvalue weighted by molar-refractivity contribution is 6.01. The standard InChI is InChI=1S/C15H18N6O/c22-14-18-7-4-15(3-1-5-17-9-15)21(14)13-11-8-16-6-2-12(11)19-10-20-13/h2,6,8,10,17H,1,3-5,7,9H2,(H,18,22). The second-order valence-electron chi connectivity index (χ2n) is 5.91. The molecule has 0 saturated carbocycles. The number of fused-ring (bicyclic) bond motifs is 1. The van der Waals surface area contributed by atoms with Crippen molar-refractivity contribution in [3.8, 4) is 0 Å².